The lowest BCUT2D eigenvalue weighted by molar-refractivity contribution is 0.270. The van der Waals surface area contributed by atoms with Crippen LogP contribution in [0.15, 0.2) is 41.7 Å². The molecular weight excluding hydrogens is 513 g/mol. The molecule has 3 heterocycles. The second-order valence-corrected chi connectivity index (χ2v) is 7.42. The van der Waals surface area contributed by atoms with Crippen molar-refractivity contribution >= 4 is 47.4 Å². The summed E-state index contributed by atoms with van der Waals surface area (Å²) in [5, 5.41) is 7.17. The summed E-state index contributed by atoms with van der Waals surface area (Å²) in [6.45, 7) is 9.08. The van der Waals surface area contributed by atoms with Crippen LogP contribution in [0.5, 0.6) is 0 Å². The highest BCUT2D eigenvalue weighted by atomic mass is 127. The SMILES string of the molecule is CCN1CCN(c2ccc(CNC(=NC)NCCc3ccc(Cl)nc3)cn2)CC1.I. The summed E-state index contributed by atoms with van der Waals surface area (Å²) in [5.74, 6) is 1.83. The fourth-order valence-electron chi connectivity index (χ4n) is 3.29. The Bertz CT molecular complexity index is 775. The predicted molar refractivity (Wildman–Crippen MR) is 135 cm³/mol. The van der Waals surface area contributed by atoms with E-state index >= 15 is 0 Å². The van der Waals surface area contributed by atoms with Crippen molar-refractivity contribution in [1.82, 2.24) is 25.5 Å². The first-order valence-electron chi connectivity index (χ1n) is 10.1. The molecule has 0 aliphatic carbocycles. The maximum atomic E-state index is 5.82. The Morgan fingerprint density at radius 1 is 1.03 bits per heavy atom. The molecule has 0 saturated carbocycles. The molecule has 2 N–H and O–H groups in total. The third-order valence-electron chi connectivity index (χ3n) is 5.13. The Hall–Kier alpha value is -1.65. The second kappa shape index (κ2) is 12.9. The summed E-state index contributed by atoms with van der Waals surface area (Å²) in [7, 11) is 1.77. The van der Waals surface area contributed by atoms with E-state index in [9.17, 15) is 0 Å². The van der Waals surface area contributed by atoms with Gasteiger partial charge in [-0.05, 0) is 36.2 Å². The van der Waals surface area contributed by atoms with E-state index in [1.165, 1.54) is 0 Å². The Balaban J connectivity index is 0.00000320. The molecule has 1 fully saturated rings. The molecule has 1 aliphatic heterocycles. The number of pyridine rings is 2. The molecule has 30 heavy (non-hydrogen) atoms. The van der Waals surface area contributed by atoms with Gasteiger partial charge in [0.25, 0.3) is 0 Å². The Morgan fingerprint density at radius 2 is 1.77 bits per heavy atom. The third-order valence-corrected chi connectivity index (χ3v) is 5.35. The summed E-state index contributed by atoms with van der Waals surface area (Å²) >= 11 is 5.82. The number of hydrogen-bond acceptors (Lipinski definition) is 5. The Labute approximate surface area is 201 Å². The second-order valence-electron chi connectivity index (χ2n) is 7.04. The summed E-state index contributed by atoms with van der Waals surface area (Å²) < 4.78 is 0. The van der Waals surface area contributed by atoms with Crippen molar-refractivity contribution in [1.29, 1.82) is 0 Å². The van der Waals surface area contributed by atoms with E-state index in [2.05, 4.69) is 54.5 Å². The summed E-state index contributed by atoms with van der Waals surface area (Å²) in [4.78, 5) is 17.9. The molecule has 0 unspecified atom stereocenters. The minimum atomic E-state index is 0. The largest absolute Gasteiger partial charge is 0.356 e. The fourth-order valence-corrected chi connectivity index (χ4v) is 3.40. The minimum Gasteiger partial charge on any atom is -0.356 e. The zero-order chi connectivity index (χ0) is 20.5. The number of piperazine rings is 1. The van der Waals surface area contributed by atoms with E-state index in [-0.39, 0.29) is 24.0 Å². The molecule has 7 nitrogen and oxygen atoms in total. The highest BCUT2D eigenvalue weighted by Gasteiger charge is 2.16. The van der Waals surface area contributed by atoms with Crippen LogP contribution in [0, 0.1) is 0 Å². The molecule has 1 saturated heterocycles. The van der Waals surface area contributed by atoms with Gasteiger partial charge in [-0.25, -0.2) is 9.97 Å². The van der Waals surface area contributed by atoms with Crippen LogP contribution >= 0.6 is 35.6 Å². The van der Waals surface area contributed by atoms with E-state index in [0.717, 1.165) is 68.6 Å². The van der Waals surface area contributed by atoms with Crippen molar-refractivity contribution < 1.29 is 0 Å². The topological polar surface area (TPSA) is 68.7 Å². The van der Waals surface area contributed by atoms with E-state index in [1.54, 1.807) is 13.2 Å². The molecule has 0 aromatic carbocycles. The van der Waals surface area contributed by atoms with Gasteiger partial charge in [0, 0.05) is 58.7 Å². The van der Waals surface area contributed by atoms with Crippen molar-refractivity contribution in [2.75, 3.05) is 51.2 Å². The monoisotopic (exact) mass is 543 g/mol. The molecular formula is C21H31ClIN7. The van der Waals surface area contributed by atoms with Gasteiger partial charge in [0.15, 0.2) is 5.96 Å². The third kappa shape index (κ3) is 7.55. The molecule has 2 aromatic heterocycles. The van der Waals surface area contributed by atoms with Crippen molar-refractivity contribution in [3.63, 3.8) is 0 Å². The average Bonchev–Trinajstić information content (AvgIpc) is 2.78. The van der Waals surface area contributed by atoms with Crippen LogP contribution in [-0.4, -0.2) is 67.1 Å². The van der Waals surface area contributed by atoms with Gasteiger partial charge in [-0.1, -0.05) is 30.7 Å². The number of aromatic nitrogens is 2. The normalized spacial score (nSPS) is 14.9. The number of hydrogen-bond donors (Lipinski definition) is 2. The van der Waals surface area contributed by atoms with Crippen LogP contribution in [0.4, 0.5) is 5.82 Å². The number of rotatable bonds is 7. The first-order chi connectivity index (χ1) is 14.2. The lowest BCUT2D eigenvalue weighted by atomic mass is 10.2. The standard InChI is InChI=1S/C21H30ClN7.HI/c1-3-28-10-12-29(13-11-28)20-7-5-18(15-26-20)16-27-21(23-2)24-9-8-17-4-6-19(22)25-14-17;/h4-7,14-15H,3,8-13,16H2,1-2H3,(H2,23,24,27);1H. The predicted octanol–water partition coefficient (Wildman–Crippen LogP) is 2.80. The van der Waals surface area contributed by atoms with E-state index in [0.29, 0.717) is 11.7 Å². The van der Waals surface area contributed by atoms with Crippen molar-refractivity contribution in [3.05, 3.63) is 52.9 Å². The van der Waals surface area contributed by atoms with Crippen LogP contribution < -0.4 is 15.5 Å². The molecule has 1 aliphatic rings. The number of halogens is 2. The first-order valence-corrected chi connectivity index (χ1v) is 10.5. The van der Waals surface area contributed by atoms with Gasteiger partial charge in [-0.2, -0.15) is 0 Å². The molecule has 0 spiro atoms. The first kappa shape index (κ1) is 24.6. The number of nitrogens with zero attached hydrogens (tertiary/aromatic N) is 5. The van der Waals surface area contributed by atoms with Crippen molar-refractivity contribution in [2.24, 2.45) is 4.99 Å². The highest BCUT2D eigenvalue weighted by Crippen LogP contribution is 2.14. The van der Waals surface area contributed by atoms with Gasteiger partial charge >= 0.3 is 0 Å². The highest BCUT2D eigenvalue weighted by molar-refractivity contribution is 14.0. The molecule has 2 aromatic rings. The van der Waals surface area contributed by atoms with Crippen LogP contribution in [0.1, 0.15) is 18.1 Å². The smallest absolute Gasteiger partial charge is 0.191 e. The van der Waals surface area contributed by atoms with E-state index in [1.807, 2.05) is 18.3 Å². The van der Waals surface area contributed by atoms with Gasteiger partial charge < -0.3 is 20.4 Å². The number of likely N-dealkylation sites (N-methyl/N-ethyl adjacent to an activating group) is 1. The molecule has 0 amide bonds. The van der Waals surface area contributed by atoms with E-state index in [4.69, 9.17) is 11.6 Å². The summed E-state index contributed by atoms with van der Waals surface area (Å²) in [5.41, 5.74) is 2.27. The zero-order valence-electron chi connectivity index (χ0n) is 17.6. The molecule has 0 radical (unpaired) electrons. The Kier molecular flexibility index (Phi) is 10.6. The number of guanidine groups is 1. The van der Waals surface area contributed by atoms with Crippen LogP contribution in [0.25, 0.3) is 0 Å². The molecule has 164 valence electrons. The fraction of sp³-hybridized carbons (Fsp3) is 0.476. The van der Waals surface area contributed by atoms with Crippen molar-refractivity contribution in [2.45, 2.75) is 19.9 Å². The molecule has 0 bridgehead atoms. The molecule has 9 heteroatoms. The quantitative estimate of drug-likeness (QED) is 0.242. The zero-order valence-corrected chi connectivity index (χ0v) is 20.7. The van der Waals surface area contributed by atoms with Gasteiger partial charge in [-0.3, -0.25) is 4.99 Å². The minimum absolute atomic E-state index is 0. The molecule has 3 rings (SSSR count). The Morgan fingerprint density at radius 3 is 2.37 bits per heavy atom. The van der Waals surface area contributed by atoms with E-state index < -0.39 is 0 Å². The molecule has 0 atom stereocenters. The lowest BCUT2D eigenvalue weighted by Crippen LogP contribution is -2.46. The van der Waals surface area contributed by atoms with Crippen LogP contribution in [-0.2, 0) is 13.0 Å². The maximum Gasteiger partial charge on any atom is 0.191 e. The summed E-state index contributed by atoms with van der Waals surface area (Å²) in [6, 6.07) is 8.05. The summed E-state index contributed by atoms with van der Waals surface area (Å²) in [6.07, 6.45) is 4.60. The van der Waals surface area contributed by atoms with Gasteiger partial charge in [0.1, 0.15) is 11.0 Å². The number of anilines is 1. The average molecular weight is 544 g/mol. The van der Waals surface area contributed by atoms with Gasteiger partial charge in [-0.15, -0.1) is 24.0 Å². The lowest BCUT2D eigenvalue weighted by Gasteiger charge is -2.34. The number of nitrogens with one attached hydrogen (secondary N) is 2. The maximum absolute atomic E-state index is 5.82. The van der Waals surface area contributed by atoms with Gasteiger partial charge in [0.05, 0.1) is 0 Å². The van der Waals surface area contributed by atoms with Gasteiger partial charge in [0.2, 0.25) is 0 Å². The van der Waals surface area contributed by atoms with Crippen molar-refractivity contribution in [3.8, 4) is 0 Å². The van der Waals surface area contributed by atoms with Crippen LogP contribution in [0.2, 0.25) is 5.15 Å². The van der Waals surface area contributed by atoms with Crippen LogP contribution in [0.3, 0.4) is 0 Å². The number of aliphatic imine (C=N–C) groups is 1.